The van der Waals surface area contributed by atoms with E-state index < -0.39 is 0 Å². The maximum atomic E-state index is 12.6. The molecule has 4 rings (SSSR count). The van der Waals surface area contributed by atoms with E-state index in [0.29, 0.717) is 18.7 Å². The van der Waals surface area contributed by atoms with Gasteiger partial charge in [0.05, 0.1) is 24.2 Å². The number of unbranched alkanes of at least 4 members (excludes halogenated alkanes) is 1. The number of para-hydroxylation sites is 2. The summed E-state index contributed by atoms with van der Waals surface area (Å²) in [5.41, 5.74) is 5.84. The third-order valence-corrected chi connectivity index (χ3v) is 6.51. The maximum absolute atomic E-state index is 12.6. The lowest BCUT2D eigenvalue weighted by Crippen LogP contribution is -2.24. The Morgan fingerprint density at radius 3 is 2.44 bits per heavy atom. The summed E-state index contributed by atoms with van der Waals surface area (Å²) in [4.78, 5) is 17.4. The van der Waals surface area contributed by atoms with Crippen LogP contribution in [0, 0.1) is 20.8 Å². The summed E-state index contributed by atoms with van der Waals surface area (Å²) in [6.45, 7) is 7.80. The van der Waals surface area contributed by atoms with E-state index in [1.807, 2.05) is 75.4 Å². The summed E-state index contributed by atoms with van der Waals surface area (Å²) in [5.74, 6) is 1.61. The van der Waals surface area contributed by atoms with Gasteiger partial charge in [0.2, 0.25) is 0 Å². The highest BCUT2D eigenvalue weighted by molar-refractivity contribution is 6.32. The van der Waals surface area contributed by atoms with Gasteiger partial charge in [0.1, 0.15) is 11.6 Å². The van der Waals surface area contributed by atoms with Crippen LogP contribution >= 0.6 is 11.6 Å². The molecular formula is C28H30ClN3O2. The van der Waals surface area contributed by atoms with Crippen molar-refractivity contribution in [2.24, 2.45) is 0 Å². The van der Waals surface area contributed by atoms with Gasteiger partial charge in [-0.3, -0.25) is 4.79 Å². The number of carbonyl (C=O) groups excluding carboxylic acids is 1. The van der Waals surface area contributed by atoms with Gasteiger partial charge in [-0.2, -0.15) is 0 Å². The van der Waals surface area contributed by atoms with Gasteiger partial charge in [0.15, 0.2) is 0 Å². The molecule has 0 atom stereocenters. The average Bonchev–Trinajstić information content (AvgIpc) is 3.18. The Bertz CT molecular complexity index is 1270. The van der Waals surface area contributed by atoms with Crippen molar-refractivity contribution in [2.45, 2.75) is 46.7 Å². The van der Waals surface area contributed by atoms with Crippen molar-refractivity contribution >= 4 is 28.5 Å². The lowest BCUT2D eigenvalue weighted by atomic mass is 10.1. The standard InChI is InChI=1S/C28H30ClN3O2/c1-19-10-12-22(13-11-19)28(33)30-18-26-31-24-8-4-5-9-25(24)32(26)14-6-7-15-34-23-16-20(2)27(29)21(3)17-23/h4-5,8-13,16-17H,6-7,14-15,18H2,1-3H3,(H,30,33). The van der Waals surface area contributed by atoms with Crippen molar-refractivity contribution in [2.75, 3.05) is 6.61 Å². The van der Waals surface area contributed by atoms with Crippen LogP contribution in [0.25, 0.3) is 11.0 Å². The monoisotopic (exact) mass is 475 g/mol. The number of halogens is 1. The minimum atomic E-state index is -0.0967. The molecule has 1 N–H and O–H groups in total. The SMILES string of the molecule is Cc1ccc(C(=O)NCc2nc3ccccc3n2CCCCOc2cc(C)c(Cl)c(C)c2)cc1. The number of benzene rings is 3. The van der Waals surface area contributed by atoms with Gasteiger partial charge < -0.3 is 14.6 Å². The minimum absolute atomic E-state index is 0.0967. The van der Waals surface area contributed by atoms with E-state index in [2.05, 4.69) is 16.0 Å². The van der Waals surface area contributed by atoms with Gasteiger partial charge in [-0.25, -0.2) is 4.98 Å². The Balaban J connectivity index is 1.37. The summed E-state index contributed by atoms with van der Waals surface area (Å²) < 4.78 is 8.15. The Hall–Kier alpha value is -3.31. The zero-order chi connectivity index (χ0) is 24.1. The Labute approximate surface area is 205 Å². The molecule has 5 nitrogen and oxygen atoms in total. The fourth-order valence-corrected chi connectivity index (χ4v) is 4.14. The molecule has 1 heterocycles. The number of rotatable bonds is 9. The van der Waals surface area contributed by atoms with Crippen LogP contribution in [0.3, 0.4) is 0 Å². The molecule has 3 aromatic carbocycles. The second-order valence-electron chi connectivity index (χ2n) is 8.64. The first-order valence-corrected chi connectivity index (χ1v) is 12.0. The normalized spacial score (nSPS) is 11.1. The molecule has 0 saturated heterocycles. The molecular weight excluding hydrogens is 446 g/mol. The van der Waals surface area contributed by atoms with E-state index in [9.17, 15) is 4.79 Å². The lowest BCUT2D eigenvalue weighted by molar-refractivity contribution is 0.0949. The molecule has 0 spiro atoms. The number of nitrogens with one attached hydrogen (secondary N) is 1. The number of aryl methyl sites for hydroxylation is 4. The Kier molecular flexibility index (Phi) is 7.53. The van der Waals surface area contributed by atoms with Crippen LogP contribution in [0.1, 0.15) is 45.7 Å². The third-order valence-electron chi connectivity index (χ3n) is 5.91. The molecule has 0 aliphatic carbocycles. The van der Waals surface area contributed by atoms with Crippen molar-refractivity contribution in [3.8, 4) is 5.75 Å². The highest BCUT2D eigenvalue weighted by atomic mass is 35.5. The van der Waals surface area contributed by atoms with E-state index >= 15 is 0 Å². The first-order chi connectivity index (χ1) is 16.4. The second kappa shape index (κ2) is 10.7. The van der Waals surface area contributed by atoms with Gasteiger partial charge in [-0.1, -0.05) is 41.4 Å². The maximum Gasteiger partial charge on any atom is 0.251 e. The van der Waals surface area contributed by atoms with Crippen LogP contribution in [0.5, 0.6) is 5.75 Å². The number of carbonyl (C=O) groups is 1. The van der Waals surface area contributed by atoms with Crippen molar-refractivity contribution in [3.63, 3.8) is 0 Å². The smallest absolute Gasteiger partial charge is 0.251 e. The molecule has 0 aliphatic rings. The van der Waals surface area contributed by atoms with Crippen LogP contribution in [0.4, 0.5) is 0 Å². The number of nitrogens with zero attached hydrogens (tertiary/aromatic N) is 2. The molecule has 1 amide bonds. The quantitative estimate of drug-likeness (QED) is 0.285. The summed E-state index contributed by atoms with van der Waals surface area (Å²) in [5, 5.41) is 3.81. The number of amides is 1. The highest BCUT2D eigenvalue weighted by Gasteiger charge is 2.12. The first-order valence-electron chi connectivity index (χ1n) is 11.6. The third kappa shape index (κ3) is 5.60. The molecule has 176 valence electrons. The predicted octanol–water partition coefficient (Wildman–Crippen LogP) is 6.40. The number of hydrogen-bond acceptors (Lipinski definition) is 3. The Morgan fingerprint density at radius 1 is 1.00 bits per heavy atom. The molecule has 1 aromatic heterocycles. The predicted molar refractivity (Wildman–Crippen MR) is 138 cm³/mol. The molecule has 0 aliphatic heterocycles. The van der Waals surface area contributed by atoms with Crippen molar-refractivity contribution in [1.82, 2.24) is 14.9 Å². The van der Waals surface area contributed by atoms with E-state index in [0.717, 1.165) is 63.7 Å². The molecule has 0 unspecified atom stereocenters. The lowest BCUT2D eigenvalue weighted by Gasteiger charge is -2.12. The van der Waals surface area contributed by atoms with Crippen LogP contribution < -0.4 is 10.1 Å². The van der Waals surface area contributed by atoms with Crippen LogP contribution in [-0.2, 0) is 13.1 Å². The zero-order valence-electron chi connectivity index (χ0n) is 19.9. The molecule has 4 aromatic rings. The van der Waals surface area contributed by atoms with E-state index in [1.54, 1.807) is 0 Å². The van der Waals surface area contributed by atoms with Gasteiger partial charge in [0, 0.05) is 17.1 Å². The number of imidazole rings is 1. The van der Waals surface area contributed by atoms with Gasteiger partial charge >= 0.3 is 0 Å². The van der Waals surface area contributed by atoms with Crippen molar-refractivity contribution in [1.29, 1.82) is 0 Å². The molecule has 0 fully saturated rings. The molecule has 0 radical (unpaired) electrons. The molecule has 6 heteroatoms. The van der Waals surface area contributed by atoms with Gasteiger partial charge in [-0.05, 0) is 81.1 Å². The summed E-state index contributed by atoms with van der Waals surface area (Å²) in [6.07, 6.45) is 1.84. The summed E-state index contributed by atoms with van der Waals surface area (Å²) in [6, 6.07) is 19.6. The first kappa shape index (κ1) is 23.8. The fourth-order valence-electron chi connectivity index (χ4n) is 4.03. The van der Waals surface area contributed by atoms with E-state index in [4.69, 9.17) is 21.3 Å². The number of fused-ring (bicyclic) bond motifs is 1. The number of ether oxygens (including phenoxy) is 1. The average molecular weight is 476 g/mol. The number of aromatic nitrogens is 2. The van der Waals surface area contributed by atoms with Crippen molar-refractivity contribution < 1.29 is 9.53 Å². The minimum Gasteiger partial charge on any atom is -0.494 e. The summed E-state index contributed by atoms with van der Waals surface area (Å²) >= 11 is 6.25. The van der Waals surface area contributed by atoms with Crippen LogP contribution in [0.2, 0.25) is 5.02 Å². The number of hydrogen-bond donors (Lipinski definition) is 1. The zero-order valence-corrected chi connectivity index (χ0v) is 20.7. The van der Waals surface area contributed by atoms with Gasteiger partial charge in [0.25, 0.3) is 5.91 Å². The second-order valence-corrected chi connectivity index (χ2v) is 9.02. The highest BCUT2D eigenvalue weighted by Crippen LogP contribution is 2.26. The van der Waals surface area contributed by atoms with Crippen LogP contribution in [0.15, 0.2) is 60.7 Å². The summed E-state index contributed by atoms with van der Waals surface area (Å²) in [7, 11) is 0. The molecule has 0 bridgehead atoms. The fraction of sp³-hybridized carbons (Fsp3) is 0.286. The largest absolute Gasteiger partial charge is 0.494 e. The molecule has 0 saturated carbocycles. The molecule has 34 heavy (non-hydrogen) atoms. The van der Waals surface area contributed by atoms with E-state index in [1.165, 1.54) is 0 Å². The Morgan fingerprint density at radius 2 is 1.71 bits per heavy atom. The van der Waals surface area contributed by atoms with Gasteiger partial charge in [-0.15, -0.1) is 0 Å². The van der Waals surface area contributed by atoms with E-state index in [-0.39, 0.29) is 5.91 Å². The van der Waals surface area contributed by atoms with Crippen molar-refractivity contribution in [3.05, 3.63) is 93.8 Å². The topological polar surface area (TPSA) is 56.2 Å². The van der Waals surface area contributed by atoms with Crippen LogP contribution in [-0.4, -0.2) is 22.1 Å².